The molecule has 2 fully saturated rings. The summed E-state index contributed by atoms with van der Waals surface area (Å²) in [4.78, 5) is 30.6. The van der Waals surface area contributed by atoms with E-state index in [4.69, 9.17) is 37.4 Å². The maximum atomic E-state index is 14.9. The zero-order valence-electron chi connectivity index (χ0n) is 25.4. The Hall–Kier alpha value is -3.46. The van der Waals surface area contributed by atoms with Gasteiger partial charge >= 0.3 is 5.97 Å². The summed E-state index contributed by atoms with van der Waals surface area (Å²) in [7, 11) is 4.52. The van der Waals surface area contributed by atoms with Crippen LogP contribution in [0, 0.1) is 5.92 Å². The number of benzene rings is 3. The van der Waals surface area contributed by atoms with Crippen molar-refractivity contribution in [3.63, 3.8) is 0 Å². The number of rotatable bonds is 9. The molecule has 8 nitrogen and oxygen atoms in total. The summed E-state index contributed by atoms with van der Waals surface area (Å²) in [6.07, 6.45) is 1.40. The van der Waals surface area contributed by atoms with Gasteiger partial charge in [-0.3, -0.25) is 9.59 Å². The first kappa shape index (κ1) is 31.9. The third-order valence-electron chi connectivity index (χ3n) is 9.68. The minimum atomic E-state index is -1.40. The number of hydrogen-bond donors (Lipinski definition) is 2. The lowest BCUT2D eigenvalue weighted by Gasteiger charge is -2.61. The van der Waals surface area contributed by atoms with Crippen LogP contribution >= 0.6 is 23.2 Å². The highest BCUT2D eigenvalue weighted by molar-refractivity contribution is 6.42. The van der Waals surface area contributed by atoms with Crippen LogP contribution in [0.1, 0.15) is 53.6 Å². The van der Waals surface area contributed by atoms with Crippen molar-refractivity contribution in [3.8, 4) is 17.2 Å². The van der Waals surface area contributed by atoms with Crippen molar-refractivity contribution in [1.29, 1.82) is 0 Å². The molecule has 234 valence electrons. The summed E-state index contributed by atoms with van der Waals surface area (Å²) >= 11 is 13.6. The summed E-state index contributed by atoms with van der Waals surface area (Å²) in [6, 6.07) is 18.0. The third kappa shape index (κ3) is 4.97. The van der Waals surface area contributed by atoms with E-state index < -0.39 is 22.8 Å². The van der Waals surface area contributed by atoms with E-state index in [9.17, 15) is 14.7 Å². The van der Waals surface area contributed by atoms with E-state index >= 15 is 0 Å². The number of piperidine rings is 1. The van der Waals surface area contributed by atoms with Gasteiger partial charge in [0.25, 0.3) is 5.91 Å². The van der Waals surface area contributed by atoms with Gasteiger partial charge in [0.2, 0.25) is 5.75 Å². The minimum absolute atomic E-state index is 0.0822. The topological polar surface area (TPSA) is 97.3 Å². The quantitative estimate of drug-likeness (QED) is 0.278. The fraction of sp³-hybridized carbons (Fsp3) is 0.412. The normalized spacial score (nSPS) is 25.0. The Labute approximate surface area is 268 Å². The molecule has 3 aromatic rings. The fourth-order valence-electron chi connectivity index (χ4n) is 7.77. The fourth-order valence-corrected chi connectivity index (χ4v) is 8.19. The minimum Gasteiger partial charge on any atom is -0.493 e. The highest BCUT2D eigenvalue weighted by Gasteiger charge is 2.65. The molecule has 0 spiro atoms. The highest BCUT2D eigenvalue weighted by atomic mass is 35.5. The smallest absolute Gasteiger partial charge is 0.314 e. The Kier molecular flexibility index (Phi) is 9.35. The van der Waals surface area contributed by atoms with Gasteiger partial charge in [0.15, 0.2) is 11.5 Å². The van der Waals surface area contributed by atoms with E-state index in [-0.39, 0.29) is 24.8 Å². The number of nitrogens with one attached hydrogen (secondary N) is 1. The SMILES string of the molecule is CCC1(C2CCNC2)C(c2cccc(Cl)c2Cl)C(C(=O)O)(c2ccccc2)CCN1C(=O)c1cc(OC)c(OC)c(OC)c1. The van der Waals surface area contributed by atoms with Crippen molar-refractivity contribution in [3.05, 3.63) is 87.4 Å². The third-order valence-corrected chi connectivity index (χ3v) is 10.5. The molecule has 4 unspecified atom stereocenters. The molecule has 2 aliphatic heterocycles. The Bertz CT molecular complexity index is 1500. The molecule has 5 rings (SSSR count). The Morgan fingerprint density at radius 1 is 1.00 bits per heavy atom. The second-order valence-electron chi connectivity index (χ2n) is 11.4. The van der Waals surface area contributed by atoms with Crippen molar-refractivity contribution >= 4 is 35.1 Å². The number of likely N-dealkylation sites (tertiary alicyclic amines) is 1. The van der Waals surface area contributed by atoms with Gasteiger partial charge in [0.1, 0.15) is 5.41 Å². The first-order chi connectivity index (χ1) is 21.2. The molecule has 2 N–H and O–H groups in total. The maximum absolute atomic E-state index is 14.9. The van der Waals surface area contributed by atoms with Crippen LogP contribution in [0.25, 0.3) is 0 Å². The Morgan fingerprint density at radius 3 is 2.23 bits per heavy atom. The van der Waals surface area contributed by atoms with Gasteiger partial charge in [-0.15, -0.1) is 0 Å². The molecule has 0 saturated carbocycles. The number of carbonyl (C=O) groups is 2. The lowest BCUT2D eigenvalue weighted by molar-refractivity contribution is -0.152. The lowest BCUT2D eigenvalue weighted by atomic mass is 9.52. The molecule has 3 aromatic carbocycles. The molecule has 2 saturated heterocycles. The van der Waals surface area contributed by atoms with Crippen LogP contribution in [0.4, 0.5) is 0 Å². The molecule has 44 heavy (non-hydrogen) atoms. The van der Waals surface area contributed by atoms with E-state index in [1.165, 1.54) is 21.3 Å². The lowest BCUT2D eigenvalue weighted by Crippen LogP contribution is -2.69. The van der Waals surface area contributed by atoms with Crippen LogP contribution in [-0.2, 0) is 10.2 Å². The number of aliphatic carboxylic acids is 1. The highest BCUT2D eigenvalue weighted by Crippen LogP contribution is 2.60. The molecule has 0 aliphatic carbocycles. The van der Waals surface area contributed by atoms with Crippen LogP contribution < -0.4 is 19.5 Å². The largest absolute Gasteiger partial charge is 0.493 e. The van der Waals surface area contributed by atoms with Crippen LogP contribution in [0.5, 0.6) is 17.2 Å². The number of nitrogens with zero attached hydrogens (tertiary/aromatic N) is 1. The number of carboxylic acids is 1. The molecule has 1 amide bonds. The summed E-state index contributed by atoms with van der Waals surface area (Å²) in [5.74, 6) is -0.950. The van der Waals surface area contributed by atoms with Gasteiger partial charge in [-0.1, -0.05) is 72.6 Å². The van der Waals surface area contributed by atoms with E-state index in [1.54, 1.807) is 24.3 Å². The van der Waals surface area contributed by atoms with Gasteiger partial charge in [-0.05, 0) is 61.1 Å². The predicted molar refractivity (Wildman–Crippen MR) is 171 cm³/mol. The maximum Gasteiger partial charge on any atom is 0.314 e. The molecular formula is C34H38Cl2N2O6. The molecular weight excluding hydrogens is 603 g/mol. The molecule has 0 radical (unpaired) electrons. The molecule has 0 bridgehead atoms. The van der Waals surface area contributed by atoms with Gasteiger partial charge in [0, 0.05) is 24.6 Å². The van der Waals surface area contributed by atoms with Crippen LogP contribution in [0.2, 0.25) is 10.0 Å². The predicted octanol–water partition coefficient (Wildman–Crippen LogP) is 6.43. The van der Waals surface area contributed by atoms with Crippen molar-refractivity contribution < 1.29 is 28.9 Å². The molecule has 10 heteroatoms. The van der Waals surface area contributed by atoms with Crippen molar-refractivity contribution in [2.24, 2.45) is 5.92 Å². The Morgan fingerprint density at radius 2 is 1.68 bits per heavy atom. The number of amides is 1. The number of carboxylic acid groups (broad SMARTS) is 1. The molecule has 4 atom stereocenters. The van der Waals surface area contributed by atoms with Crippen LogP contribution in [0.3, 0.4) is 0 Å². The summed E-state index contributed by atoms with van der Waals surface area (Å²) in [6.45, 7) is 3.60. The monoisotopic (exact) mass is 640 g/mol. The molecule has 0 aromatic heterocycles. The second kappa shape index (κ2) is 12.9. The Balaban J connectivity index is 1.83. The van der Waals surface area contributed by atoms with E-state index in [0.717, 1.165) is 13.0 Å². The summed E-state index contributed by atoms with van der Waals surface area (Å²) in [5.41, 5.74) is -0.747. The van der Waals surface area contributed by atoms with Crippen molar-refractivity contribution in [2.45, 2.75) is 43.1 Å². The number of halogens is 2. The number of carbonyl (C=O) groups excluding carboxylic acids is 1. The van der Waals surface area contributed by atoms with Crippen molar-refractivity contribution in [1.82, 2.24) is 10.2 Å². The van der Waals surface area contributed by atoms with Gasteiger partial charge in [0.05, 0.1) is 36.9 Å². The number of methoxy groups -OCH3 is 3. The summed E-state index contributed by atoms with van der Waals surface area (Å²) < 4.78 is 16.7. The zero-order valence-corrected chi connectivity index (χ0v) is 26.9. The summed E-state index contributed by atoms with van der Waals surface area (Å²) in [5, 5.41) is 15.4. The van der Waals surface area contributed by atoms with Crippen molar-refractivity contribution in [2.75, 3.05) is 41.0 Å². The standard InChI is InChI=1S/C34H38Cl2N2O6/c1-5-34(23-14-16-37-20-23)30(24-12-9-13-25(35)28(24)36)33(32(40)41,22-10-7-6-8-11-22)15-17-38(34)31(39)21-18-26(42-2)29(44-4)27(19-21)43-3/h6-13,18-19,23,30,37H,5,14-17,20H2,1-4H3,(H,40,41). The van der Waals surface area contributed by atoms with E-state index in [0.29, 0.717) is 56.9 Å². The number of hydrogen-bond acceptors (Lipinski definition) is 6. The van der Waals surface area contributed by atoms with Crippen LogP contribution in [-0.4, -0.2) is 68.4 Å². The van der Waals surface area contributed by atoms with Gasteiger partial charge in [-0.25, -0.2) is 0 Å². The second-order valence-corrected chi connectivity index (χ2v) is 12.2. The first-order valence-electron chi connectivity index (χ1n) is 14.8. The molecule has 2 heterocycles. The van der Waals surface area contributed by atoms with Gasteiger partial charge < -0.3 is 29.5 Å². The van der Waals surface area contributed by atoms with E-state index in [1.807, 2.05) is 48.2 Å². The van der Waals surface area contributed by atoms with E-state index in [2.05, 4.69) is 5.32 Å². The van der Waals surface area contributed by atoms with Gasteiger partial charge in [-0.2, -0.15) is 0 Å². The number of ether oxygens (including phenoxy) is 3. The average Bonchev–Trinajstić information content (AvgIpc) is 3.60. The first-order valence-corrected chi connectivity index (χ1v) is 15.5. The van der Waals surface area contributed by atoms with Crippen LogP contribution in [0.15, 0.2) is 60.7 Å². The average molecular weight is 642 g/mol. The molecule has 2 aliphatic rings. The zero-order chi connectivity index (χ0) is 31.6.